The second kappa shape index (κ2) is 7.02. The minimum Gasteiger partial charge on any atom is -0.352 e. The maximum atomic E-state index is 13.1. The number of hydrogen-bond acceptors (Lipinski definition) is 2. The zero-order valence-electron chi connectivity index (χ0n) is 12.8. The topological polar surface area (TPSA) is 49.4 Å². The van der Waals surface area contributed by atoms with Crippen LogP contribution in [-0.4, -0.2) is 24.4 Å². The minimum absolute atomic E-state index is 0.0502. The van der Waals surface area contributed by atoms with E-state index in [4.69, 9.17) is 0 Å². The molecule has 0 bridgehead atoms. The lowest BCUT2D eigenvalue weighted by Crippen LogP contribution is -2.43. The lowest BCUT2D eigenvalue weighted by molar-refractivity contribution is -0.137. The van der Waals surface area contributed by atoms with Gasteiger partial charge in [0.05, 0.1) is 11.3 Å². The third-order valence-corrected chi connectivity index (χ3v) is 3.90. The molecule has 1 fully saturated rings. The third-order valence-electron chi connectivity index (χ3n) is 3.90. The van der Waals surface area contributed by atoms with Gasteiger partial charge in [-0.3, -0.25) is 9.59 Å². The molecule has 1 saturated carbocycles. The predicted octanol–water partition coefficient (Wildman–Crippen LogP) is 3.12. The summed E-state index contributed by atoms with van der Waals surface area (Å²) in [4.78, 5) is 24.7. The van der Waals surface area contributed by atoms with Crippen LogP contribution in [0.1, 0.15) is 38.2 Å². The van der Waals surface area contributed by atoms with E-state index in [1.807, 2.05) is 0 Å². The summed E-state index contributed by atoms with van der Waals surface area (Å²) in [6.07, 6.45) is -0.807. The van der Waals surface area contributed by atoms with Gasteiger partial charge in [0.15, 0.2) is 0 Å². The number of carbonyl (C=O) groups is 2. The Morgan fingerprint density at radius 1 is 1.22 bits per heavy atom. The first kappa shape index (κ1) is 17.3. The molecule has 1 aromatic rings. The zero-order chi connectivity index (χ0) is 17.0. The molecule has 7 heteroatoms. The van der Waals surface area contributed by atoms with E-state index in [0.717, 1.165) is 43.6 Å². The summed E-state index contributed by atoms with van der Waals surface area (Å²) in [5, 5.41) is 2.78. The zero-order valence-corrected chi connectivity index (χ0v) is 12.8. The molecule has 23 heavy (non-hydrogen) atoms. The fourth-order valence-electron chi connectivity index (χ4n) is 2.80. The lowest BCUT2D eigenvalue weighted by atomic mass is 10.1. The molecule has 1 aliphatic carbocycles. The monoisotopic (exact) mass is 328 g/mol. The fraction of sp³-hybridized carbons (Fsp3) is 0.500. The smallest absolute Gasteiger partial charge is 0.352 e. The van der Waals surface area contributed by atoms with E-state index < -0.39 is 30.1 Å². The van der Waals surface area contributed by atoms with Crippen LogP contribution in [0, 0.1) is 0 Å². The number of rotatable bonds is 4. The second-order valence-corrected chi connectivity index (χ2v) is 5.67. The first-order valence-electron chi connectivity index (χ1n) is 7.52. The Bertz CT molecular complexity index is 581. The van der Waals surface area contributed by atoms with Gasteiger partial charge in [-0.05, 0) is 25.0 Å². The van der Waals surface area contributed by atoms with Gasteiger partial charge >= 0.3 is 6.18 Å². The highest BCUT2D eigenvalue weighted by molar-refractivity contribution is 5.98. The van der Waals surface area contributed by atoms with Crippen LogP contribution >= 0.6 is 0 Å². The van der Waals surface area contributed by atoms with Gasteiger partial charge in [0.1, 0.15) is 6.54 Å². The molecule has 0 radical (unpaired) electrons. The molecule has 1 N–H and O–H groups in total. The van der Waals surface area contributed by atoms with Gasteiger partial charge < -0.3 is 10.2 Å². The van der Waals surface area contributed by atoms with Crippen molar-refractivity contribution in [2.45, 2.75) is 44.8 Å². The Kier molecular flexibility index (Phi) is 5.28. The molecule has 1 aromatic carbocycles. The Morgan fingerprint density at radius 3 is 2.39 bits per heavy atom. The van der Waals surface area contributed by atoms with Gasteiger partial charge in [0, 0.05) is 13.0 Å². The van der Waals surface area contributed by atoms with Crippen molar-refractivity contribution in [1.82, 2.24) is 5.32 Å². The highest BCUT2D eigenvalue weighted by Gasteiger charge is 2.35. The molecule has 0 aromatic heterocycles. The predicted molar refractivity (Wildman–Crippen MR) is 79.9 cm³/mol. The van der Waals surface area contributed by atoms with Crippen LogP contribution in [0.2, 0.25) is 0 Å². The SMILES string of the molecule is CC(=O)N(CC(=O)NC1CCCC1)c1ccccc1C(F)(F)F. The molecular weight excluding hydrogens is 309 g/mol. The lowest BCUT2D eigenvalue weighted by Gasteiger charge is -2.25. The van der Waals surface area contributed by atoms with Crippen molar-refractivity contribution in [3.8, 4) is 0 Å². The first-order chi connectivity index (χ1) is 10.8. The van der Waals surface area contributed by atoms with Gasteiger partial charge in [-0.25, -0.2) is 0 Å². The summed E-state index contributed by atoms with van der Waals surface area (Å²) < 4.78 is 39.3. The highest BCUT2D eigenvalue weighted by atomic mass is 19.4. The van der Waals surface area contributed by atoms with Crippen LogP contribution in [0.5, 0.6) is 0 Å². The molecule has 0 heterocycles. The second-order valence-electron chi connectivity index (χ2n) is 5.67. The number of nitrogens with one attached hydrogen (secondary N) is 1. The number of para-hydroxylation sites is 1. The Balaban J connectivity index is 2.19. The van der Waals surface area contributed by atoms with E-state index in [1.54, 1.807) is 0 Å². The van der Waals surface area contributed by atoms with E-state index in [9.17, 15) is 22.8 Å². The van der Waals surface area contributed by atoms with E-state index in [2.05, 4.69) is 5.32 Å². The van der Waals surface area contributed by atoms with Crippen molar-refractivity contribution in [2.24, 2.45) is 0 Å². The van der Waals surface area contributed by atoms with Crippen LogP contribution in [0.25, 0.3) is 0 Å². The Hall–Kier alpha value is -2.05. The summed E-state index contributed by atoms with van der Waals surface area (Å²) >= 11 is 0. The summed E-state index contributed by atoms with van der Waals surface area (Å²) in [5.74, 6) is -1.05. The normalized spacial score (nSPS) is 15.5. The molecule has 0 aliphatic heterocycles. The van der Waals surface area contributed by atoms with Gasteiger partial charge in [0.2, 0.25) is 11.8 Å². The standard InChI is InChI=1S/C16H19F3N2O2/c1-11(22)21(10-15(23)20-12-6-2-3-7-12)14-9-5-4-8-13(14)16(17,18)19/h4-5,8-9,12H,2-3,6-7,10H2,1H3,(H,20,23). The van der Waals surface area contributed by atoms with E-state index >= 15 is 0 Å². The third kappa shape index (κ3) is 4.46. The van der Waals surface area contributed by atoms with E-state index in [0.29, 0.717) is 0 Å². The van der Waals surface area contributed by atoms with Crippen LogP contribution < -0.4 is 10.2 Å². The number of nitrogens with zero attached hydrogens (tertiary/aromatic N) is 1. The van der Waals surface area contributed by atoms with E-state index in [1.165, 1.54) is 18.2 Å². The quantitative estimate of drug-likeness (QED) is 0.923. The summed E-state index contributed by atoms with van der Waals surface area (Å²) in [5.41, 5.74) is -1.22. The molecule has 4 nitrogen and oxygen atoms in total. The molecule has 1 aliphatic rings. The number of carbonyl (C=O) groups excluding carboxylic acids is 2. The number of anilines is 1. The average Bonchev–Trinajstić information content (AvgIpc) is 2.96. The maximum absolute atomic E-state index is 13.1. The van der Waals surface area contributed by atoms with Crippen molar-refractivity contribution in [3.63, 3.8) is 0 Å². The van der Waals surface area contributed by atoms with Crippen molar-refractivity contribution >= 4 is 17.5 Å². The summed E-state index contributed by atoms with van der Waals surface area (Å²) in [6, 6.07) is 4.82. The van der Waals surface area contributed by atoms with Gasteiger partial charge in [-0.1, -0.05) is 25.0 Å². The largest absolute Gasteiger partial charge is 0.418 e. The highest BCUT2D eigenvalue weighted by Crippen LogP contribution is 2.36. The van der Waals surface area contributed by atoms with Crippen molar-refractivity contribution in [2.75, 3.05) is 11.4 Å². The maximum Gasteiger partial charge on any atom is 0.418 e. The fourth-order valence-corrected chi connectivity index (χ4v) is 2.80. The molecule has 0 atom stereocenters. The molecule has 2 amide bonds. The van der Waals surface area contributed by atoms with Crippen LogP contribution in [0.3, 0.4) is 0 Å². The number of alkyl halides is 3. The van der Waals surface area contributed by atoms with Crippen molar-refractivity contribution in [3.05, 3.63) is 29.8 Å². The number of hydrogen-bond donors (Lipinski definition) is 1. The van der Waals surface area contributed by atoms with Gasteiger partial charge in [-0.15, -0.1) is 0 Å². The summed E-state index contributed by atoms with van der Waals surface area (Å²) in [6.45, 7) is 0.731. The molecule has 2 rings (SSSR count). The molecule has 126 valence electrons. The van der Waals surface area contributed by atoms with Crippen molar-refractivity contribution in [1.29, 1.82) is 0 Å². The first-order valence-corrected chi connectivity index (χ1v) is 7.52. The van der Waals surface area contributed by atoms with Crippen molar-refractivity contribution < 1.29 is 22.8 Å². The Labute approximate surface area is 132 Å². The van der Waals surface area contributed by atoms with Crippen LogP contribution in [0.15, 0.2) is 24.3 Å². The van der Waals surface area contributed by atoms with Crippen LogP contribution in [0.4, 0.5) is 18.9 Å². The van der Waals surface area contributed by atoms with Gasteiger partial charge in [-0.2, -0.15) is 13.2 Å². The Morgan fingerprint density at radius 2 is 1.83 bits per heavy atom. The molecule has 0 unspecified atom stereocenters. The average molecular weight is 328 g/mol. The number of halogens is 3. The summed E-state index contributed by atoms with van der Waals surface area (Å²) in [7, 11) is 0. The van der Waals surface area contributed by atoms with E-state index in [-0.39, 0.29) is 11.7 Å². The molecule has 0 spiro atoms. The molecular formula is C16H19F3N2O2. The molecule has 0 saturated heterocycles. The minimum atomic E-state index is -4.59. The van der Waals surface area contributed by atoms with Crippen LogP contribution in [-0.2, 0) is 15.8 Å². The number of benzene rings is 1. The van der Waals surface area contributed by atoms with Gasteiger partial charge in [0.25, 0.3) is 0 Å². The number of amides is 2.